The van der Waals surface area contributed by atoms with E-state index in [1.165, 1.54) is 12.1 Å². The van der Waals surface area contributed by atoms with Crippen LogP contribution in [0.25, 0.3) is 0 Å². The molecule has 1 aromatic rings. The molecule has 0 aliphatic carbocycles. The summed E-state index contributed by atoms with van der Waals surface area (Å²) < 4.78 is 48.7. The van der Waals surface area contributed by atoms with Crippen LogP contribution in [0.3, 0.4) is 0 Å². The molecule has 1 aromatic carbocycles. The highest BCUT2D eigenvalue weighted by Crippen LogP contribution is 2.31. The van der Waals surface area contributed by atoms with E-state index in [9.17, 15) is 18.3 Å². The number of benzene rings is 1. The predicted molar refractivity (Wildman–Crippen MR) is 79.4 cm³/mol. The van der Waals surface area contributed by atoms with Gasteiger partial charge >= 0.3 is 6.18 Å². The van der Waals surface area contributed by atoms with E-state index in [1.807, 2.05) is 13.8 Å². The van der Waals surface area contributed by atoms with Crippen LogP contribution in [0.15, 0.2) is 24.3 Å². The molecule has 1 aliphatic rings. The number of morpholine rings is 1. The molecule has 0 amide bonds. The fraction of sp³-hybridized carbons (Fsp3) is 0.625. The number of hydrogen-bond donors (Lipinski definition) is 1. The number of aliphatic hydroxyl groups is 1. The van der Waals surface area contributed by atoms with Crippen LogP contribution < -0.4 is 4.74 Å². The molecule has 1 aliphatic heterocycles. The number of alkyl halides is 3. The molecular formula is C16H22F3NO3. The van der Waals surface area contributed by atoms with Crippen molar-refractivity contribution in [1.82, 2.24) is 4.90 Å². The van der Waals surface area contributed by atoms with E-state index in [0.29, 0.717) is 19.7 Å². The van der Waals surface area contributed by atoms with Crippen LogP contribution >= 0.6 is 0 Å². The van der Waals surface area contributed by atoms with Crippen LogP contribution in [0.1, 0.15) is 19.4 Å². The van der Waals surface area contributed by atoms with Crippen molar-refractivity contribution in [3.63, 3.8) is 0 Å². The van der Waals surface area contributed by atoms with Gasteiger partial charge in [-0.05, 0) is 32.0 Å². The molecule has 23 heavy (non-hydrogen) atoms. The number of rotatable bonds is 5. The first kappa shape index (κ1) is 18.0. The first-order valence-electron chi connectivity index (χ1n) is 7.61. The summed E-state index contributed by atoms with van der Waals surface area (Å²) in [6.45, 7) is 5.65. The lowest BCUT2D eigenvalue weighted by molar-refractivity contribution is -0.137. The molecule has 3 atom stereocenters. The van der Waals surface area contributed by atoms with Gasteiger partial charge in [-0.1, -0.05) is 6.07 Å². The topological polar surface area (TPSA) is 41.9 Å². The molecule has 0 bridgehead atoms. The summed E-state index contributed by atoms with van der Waals surface area (Å²) >= 11 is 0. The lowest BCUT2D eigenvalue weighted by Crippen LogP contribution is -2.51. The van der Waals surface area contributed by atoms with Crippen molar-refractivity contribution in [3.8, 4) is 5.75 Å². The minimum atomic E-state index is -4.41. The fourth-order valence-corrected chi connectivity index (χ4v) is 2.53. The van der Waals surface area contributed by atoms with E-state index >= 15 is 0 Å². The average molecular weight is 333 g/mol. The van der Waals surface area contributed by atoms with Crippen molar-refractivity contribution >= 4 is 0 Å². The van der Waals surface area contributed by atoms with Crippen molar-refractivity contribution in [2.45, 2.75) is 38.3 Å². The molecule has 1 heterocycles. The van der Waals surface area contributed by atoms with E-state index in [2.05, 4.69) is 4.90 Å². The lowest BCUT2D eigenvalue weighted by Gasteiger charge is -2.38. The largest absolute Gasteiger partial charge is 0.491 e. The van der Waals surface area contributed by atoms with Crippen LogP contribution in [0.5, 0.6) is 5.75 Å². The smallest absolute Gasteiger partial charge is 0.416 e. The number of hydrogen-bond acceptors (Lipinski definition) is 4. The molecule has 0 spiro atoms. The minimum absolute atomic E-state index is 0.0558. The van der Waals surface area contributed by atoms with Crippen LogP contribution in [0.2, 0.25) is 0 Å². The zero-order valence-corrected chi connectivity index (χ0v) is 13.2. The van der Waals surface area contributed by atoms with Gasteiger partial charge in [-0.3, -0.25) is 4.90 Å². The molecule has 0 saturated carbocycles. The van der Waals surface area contributed by atoms with Gasteiger partial charge < -0.3 is 14.6 Å². The van der Waals surface area contributed by atoms with Gasteiger partial charge in [0.15, 0.2) is 0 Å². The fourth-order valence-electron chi connectivity index (χ4n) is 2.53. The normalized spacial score (nSPS) is 24.4. The summed E-state index contributed by atoms with van der Waals surface area (Å²) in [6.07, 6.45) is -5.10. The Morgan fingerprint density at radius 3 is 2.83 bits per heavy atom. The van der Waals surface area contributed by atoms with Gasteiger partial charge in [-0.15, -0.1) is 0 Å². The highest BCUT2D eigenvalue weighted by molar-refractivity contribution is 5.30. The molecular weight excluding hydrogens is 311 g/mol. The second-order valence-electron chi connectivity index (χ2n) is 5.80. The molecule has 2 rings (SSSR count). The Hall–Kier alpha value is -1.31. The SMILES string of the molecule is CC1OCCN(CC(O)COc2cccc(C(F)(F)F)c2)C1C. The first-order chi connectivity index (χ1) is 10.8. The van der Waals surface area contributed by atoms with Crippen LogP contribution in [-0.2, 0) is 10.9 Å². The number of halogens is 3. The summed E-state index contributed by atoms with van der Waals surface area (Å²) in [4.78, 5) is 2.09. The third kappa shape index (κ3) is 5.09. The molecule has 0 aromatic heterocycles. The standard InChI is InChI=1S/C16H22F3NO3/c1-11-12(2)22-7-6-20(11)9-14(21)10-23-15-5-3-4-13(8-15)16(17,18)19/h3-5,8,11-12,14,21H,6-7,9-10H2,1-2H3. The van der Waals surface area contributed by atoms with E-state index in [1.54, 1.807) is 0 Å². The summed E-state index contributed by atoms with van der Waals surface area (Å²) in [5.41, 5.74) is -0.764. The Bertz CT molecular complexity index is 510. The molecule has 7 heteroatoms. The van der Waals surface area contributed by atoms with Gasteiger partial charge in [0.05, 0.1) is 18.3 Å². The first-order valence-corrected chi connectivity index (χ1v) is 7.61. The Morgan fingerprint density at radius 1 is 1.39 bits per heavy atom. The summed E-state index contributed by atoms with van der Waals surface area (Å²) in [5, 5.41) is 10.1. The maximum Gasteiger partial charge on any atom is 0.416 e. The van der Waals surface area contributed by atoms with Crippen molar-refractivity contribution in [2.75, 3.05) is 26.3 Å². The maximum atomic E-state index is 12.6. The van der Waals surface area contributed by atoms with Gasteiger partial charge in [0.1, 0.15) is 18.5 Å². The van der Waals surface area contributed by atoms with Gasteiger partial charge in [0.2, 0.25) is 0 Å². The van der Waals surface area contributed by atoms with Crippen molar-refractivity contribution in [3.05, 3.63) is 29.8 Å². The number of β-amino-alcohol motifs (C(OH)–C–C–N with tert-alkyl or cyclic N) is 1. The molecule has 130 valence electrons. The molecule has 3 unspecified atom stereocenters. The van der Waals surface area contributed by atoms with Gasteiger partial charge in [0, 0.05) is 19.1 Å². The Balaban J connectivity index is 1.86. The third-order valence-electron chi connectivity index (χ3n) is 4.06. The molecule has 1 fully saturated rings. The maximum absolute atomic E-state index is 12.6. The van der Waals surface area contributed by atoms with Crippen LogP contribution in [-0.4, -0.2) is 54.6 Å². The van der Waals surface area contributed by atoms with E-state index < -0.39 is 17.8 Å². The van der Waals surface area contributed by atoms with Gasteiger partial charge in [-0.25, -0.2) is 0 Å². The number of nitrogens with zero attached hydrogens (tertiary/aromatic N) is 1. The van der Waals surface area contributed by atoms with E-state index in [4.69, 9.17) is 9.47 Å². The second kappa shape index (κ2) is 7.51. The highest BCUT2D eigenvalue weighted by atomic mass is 19.4. The van der Waals surface area contributed by atoms with Crippen molar-refractivity contribution in [2.24, 2.45) is 0 Å². The zero-order chi connectivity index (χ0) is 17.0. The Kier molecular flexibility index (Phi) is 5.89. The Labute approximate surface area is 133 Å². The summed E-state index contributed by atoms with van der Waals surface area (Å²) in [6, 6.07) is 4.83. The average Bonchev–Trinajstić information content (AvgIpc) is 2.49. The van der Waals surface area contributed by atoms with E-state index in [0.717, 1.165) is 12.1 Å². The second-order valence-corrected chi connectivity index (χ2v) is 5.80. The van der Waals surface area contributed by atoms with Crippen LogP contribution in [0.4, 0.5) is 13.2 Å². The van der Waals surface area contributed by atoms with Crippen LogP contribution in [0, 0.1) is 0 Å². The number of aliphatic hydroxyl groups excluding tert-OH is 1. The molecule has 1 N–H and O–H groups in total. The monoisotopic (exact) mass is 333 g/mol. The summed E-state index contributed by atoms with van der Waals surface area (Å²) in [5.74, 6) is 0.0993. The van der Waals surface area contributed by atoms with Gasteiger partial charge in [0.25, 0.3) is 0 Å². The quantitative estimate of drug-likeness (QED) is 0.899. The van der Waals surface area contributed by atoms with Gasteiger partial charge in [-0.2, -0.15) is 13.2 Å². The predicted octanol–water partition coefficient (Wildman–Crippen LogP) is 2.55. The highest BCUT2D eigenvalue weighted by Gasteiger charge is 2.31. The third-order valence-corrected chi connectivity index (χ3v) is 4.06. The summed E-state index contributed by atoms with van der Waals surface area (Å²) in [7, 11) is 0. The van der Waals surface area contributed by atoms with Crippen molar-refractivity contribution in [1.29, 1.82) is 0 Å². The molecule has 1 saturated heterocycles. The zero-order valence-electron chi connectivity index (χ0n) is 13.2. The Morgan fingerprint density at radius 2 is 2.13 bits per heavy atom. The number of ether oxygens (including phenoxy) is 2. The van der Waals surface area contributed by atoms with E-state index in [-0.39, 0.29) is 24.5 Å². The molecule has 0 radical (unpaired) electrons. The van der Waals surface area contributed by atoms with Crippen molar-refractivity contribution < 1.29 is 27.8 Å². The minimum Gasteiger partial charge on any atom is -0.491 e. The lowest BCUT2D eigenvalue weighted by atomic mass is 10.1. The molecule has 4 nitrogen and oxygen atoms in total.